The summed E-state index contributed by atoms with van der Waals surface area (Å²) in [6, 6.07) is 6.16. The van der Waals surface area contributed by atoms with Crippen LogP contribution in [0.1, 0.15) is 68.9 Å². The van der Waals surface area contributed by atoms with Gasteiger partial charge in [0.25, 0.3) is 0 Å². The maximum absolute atomic E-state index is 9.75. The van der Waals surface area contributed by atoms with Crippen molar-refractivity contribution in [3.05, 3.63) is 29.3 Å². The number of rotatable bonds is 0. The molecule has 4 aliphatic rings. The van der Waals surface area contributed by atoms with Gasteiger partial charge < -0.3 is 5.11 Å². The Kier molecular flexibility index (Phi) is 2.31. The molecule has 1 heteroatoms. The summed E-state index contributed by atoms with van der Waals surface area (Å²) in [4.78, 5) is 0. The number of fused-ring (bicyclic) bond motifs is 6. The molecule has 0 bridgehead atoms. The van der Waals surface area contributed by atoms with Crippen molar-refractivity contribution in [1.82, 2.24) is 0 Å². The number of phenols is 1. The zero-order valence-corrected chi connectivity index (χ0v) is 13.1. The smallest absolute Gasteiger partial charge is 0.115 e. The van der Waals surface area contributed by atoms with Crippen LogP contribution >= 0.6 is 0 Å². The Balaban J connectivity index is 1.54. The van der Waals surface area contributed by atoms with Gasteiger partial charge in [-0.05, 0) is 103 Å². The summed E-state index contributed by atoms with van der Waals surface area (Å²) in [5.41, 5.74) is 4.42. The molecule has 1 nitrogen and oxygen atoms in total. The predicted molar refractivity (Wildman–Crippen MR) is 84.4 cm³/mol. The quantitative estimate of drug-likeness (QED) is 0.707. The molecule has 4 aliphatic carbocycles. The van der Waals surface area contributed by atoms with Crippen molar-refractivity contribution in [2.75, 3.05) is 0 Å². The zero-order chi connectivity index (χ0) is 14.2. The van der Waals surface area contributed by atoms with Crippen molar-refractivity contribution >= 4 is 0 Å². The molecule has 0 amide bonds. The molecule has 1 N–H and O–H groups in total. The van der Waals surface area contributed by atoms with E-state index < -0.39 is 0 Å². The molecule has 0 aromatic heterocycles. The molecule has 0 heterocycles. The van der Waals surface area contributed by atoms with Gasteiger partial charge in [0.1, 0.15) is 5.75 Å². The number of hydrogen-bond acceptors (Lipinski definition) is 1. The Bertz CT molecular complexity index is 600. The topological polar surface area (TPSA) is 20.2 Å². The Labute approximate surface area is 127 Å². The molecule has 4 atom stereocenters. The van der Waals surface area contributed by atoms with Crippen LogP contribution in [-0.2, 0) is 6.42 Å². The first-order valence-corrected chi connectivity index (χ1v) is 8.95. The fourth-order valence-electron chi connectivity index (χ4n) is 6.77. The highest BCUT2D eigenvalue weighted by Crippen LogP contribution is 2.75. The van der Waals surface area contributed by atoms with E-state index in [0.717, 1.165) is 23.2 Å². The lowest BCUT2D eigenvalue weighted by atomic mass is 9.53. The molecular formula is C20H26O. The second-order valence-electron chi connectivity index (χ2n) is 8.57. The standard InChI is InChI=1S/C20H26O/c1-19-8-6-16-15-5-3-14(21)12-13(15)2-4-17(16)18(19)7-9-20(19)10-11-20/h3,5,12,16-18,21H,2,4,6-11H2,1H3/t16?,17?,18?,19-/m0/s1. The van der Waals surface area contributed by atoms with Crippen LogP contribution in [-0.4, -0.2) is 5.11 Å². The molecule has 3 unspecified atom stereocenters. The van der Waals surface area contributed by atoms with E-state index in [0.29, 0.717) is 11.2 Å². The van der Waals surface area contributed by atoms with Crippen LogP contribution < -0.4 is 0 Å². The van der Waals surface area contributed by atoms with Crippen molar-refractivity contribution in [2.24, 2.45) is 22.7 Å². The van der Waals surface area contributed by atoms with Gasteiger partial charge in [0.05, 0.1) is 0 Å². The van der Waals surface area contributed by atoms with Crippen LogP contribution in [0.25, 0.3) is 0 Å². The van der Waals surface area contributed by atoms with E-state index in [9.17, 15) is 5.11 Å². The Morgan fingerprint density at radius 1 is 1.05 bits per heavy atom. The first-order chi connectivity index (χ1) is 10.1. The molecule has 21 heavy (non-hydrogen) atoms. The Morgan fingerprint density at radius 2 is 1.90 bits per heavy atom. The van der Waals surface area contributed by atoms with Crippen LogP contribution in [0, 0.1) is 22.7 Å². The van der Waals surface area contributed by atoms with Crippen LogP contribution in [0.5, 0.6) is 5.75 Å². The molecule has 0 saturated heterocycles. The van der Waals surface area contributed by atoms with E-state index in [1.165, 1.54) is 56.9 Å². The maximum atomic E-state index is 9.75. The highest BCUT2D eigenvalue weighted by molar-refractivity contribution is 5.40. The van der Waals surface area contributed by atoms with E-state index >= 15 is 0 Å². The molecule has 1 aromatic rings. The molecule has 3 saturated carbocycles. The minimum Gasteiger partial charge on any atom is -0.508 e. The lowest BCUT2D eigenvalue weighted by molar-refractivity contribution is 0.0187. The van der Waals surface area contributed by atoms with Crippen LogP contribution in [0.4, 0.5) is 0 Å². The van der Waals surface area contributed by atoms with Gasteiger partial charge in [-0.2, -0.15) is 0 Å². The lowest BCUT2D eigenvalue weighted by Gasteiger charge is -2.51. The number of benzene rings is 1. The minimum atomic E-state index is 0.450. The molecule has 1 spiro atoms. The van der Waals surface area contributed by atoms with Crippen molar-refractivity contribution in [3.8, 4) is 5.75 Å². The molecule has 5 rings (SSSR count). The summed E-state index contributed by atoms with van der Waals surface area (Å²) >= 11 is 0. The summed E-state index contributed by atoms with van der Waals surface area (Å²) in [5.74, 6) is 3.12. The number of aryl methyl sites for hydroxylation is 1. The SMILES string of the molecule is C[C@]12CCC3c4ccc(O)cc4CCC3C1CCC21CC1. The third-order valence-corrected chi connectivity index (χ3v) is 8.10. The normalized spacial score (nSPS) is 42.2. The highest BCUT2D eigenvalue weighted by Gasteiger charge is 2.66. The summed E-state index contributed by atoms with van der Waals surface area (Å²) in [6.07, 6.45) is 11.4. The summed E-state index contributed by atoms with van der Waals surface area (Å²) in [5, 5.41) is 9.75. The van der Waals surface area contributed by atoms with Gasteiger partial charge in [0.2, 0.25) is 0 Å². The van der Waals surface area contributed by atoms with Crippen molar-refractivity contribution in [1.29, 1.82) is 0 Å². The zero-order valence-electron chi connectivity index (χ0n) is 13.1. The third kappa shape index (κ3) is 1.48. The second-order valence-corrected chi connectivity index (χ2v) is 8.57. The van der Waals surface area contributed by atoms with Gasteiger partial charge in [-0.1, -0.05) is 13.0 Å². The minimum absolute atomic E-state index is 0.450. The van der Waals surface area contributed by atoms with Gasteiger partial charge in [-0.3, -0.25) is 0 Å². The van der Waals surface area contributed by atoms with Crippen molar-refractivity contribution in [3.63, 3.8) is 0 Å². The average Bonchev–Trinajstić information content (AvgIpc) is 3.20. The monoisotopic (exact) mass is 282 g/mol. The summed E-state index contributed by atoms with van der Waals surface area (Å²) < 4.78 is 0. The van der Waals surface area contributed by atoms with Crippen LogP contribution in [0.3, 0.4) is 0 Å². The van der Waals surface area contributed by atoms with Gasteiger partial charge >= 0.3 is 0 Å². The fourth-order valence-corrected chi connectivity index (χ4v) is 6.77. The molecule has 112 valence electrons. The summed E-state index contributed by atoms with van der Waals surface area (Å²) in [7, 11) is 0. The van der Waals surface area contributed by atoms with E-state index in [-0.39, 0.29) is 0 Å². The fraction of sp³-hybridized carbons (Fsp3) is 0.700. The Hall–Kier alpha value is -0.980. The van der Waals surface area contributed by atoms with E-state index in [1.807, 2.05) is 12.1 Å². The van der Waals surface area contributed by atoms with E-state index in [1.54, 1.807) is 5.56 Å². The third-order valence-electron chi connectivity index (χ3n) is 8.10. The molecule has 0 aliphatic heterocycles. The summed E-state index contributed by atoms with van der Waals surface area (Å²) in [6.45, 7) is 2.64. The lowest BCUT2D eigenvalue weighted by Crippen LogP contribution is -2.42. The first kappa shape index (κ1) is 12.6. The van der Waals surface area contributed by atoms with Crippen molar-refractivity contribution < 1.29 is 5.11 Å². The largest absolute Gasteiger partial charge is 0.508 e. The van der Waals surface area contributed by atoms with Crippen molar-refractivity contribution in [2.45, 2.75) is 64.2 Å². The maximum Gasteiger partial charge on any atom is 0.115 e. The molecule has 3 fully saturated rings. The Morgan fingerprint density at radius 3 is 2.71 bits per heavy atom. The number of hydrogen-bond donors (Lipinski definition) is 1. The van der Waals surface area contributed by atoms with Gasteiger partial charge in [0, 0.05) is 0 Å². The van der Waals surface area contributed by atoms with Gasteiger partial charge in [-0.25, -0.2) is 0 Å². The first-order valence-electron chi connectivity index (χ1n) is 8.95. The predicted octanol–water partition coefficient (Wildman–Crippen LogP) is 5.03. The number of phenolic OH excluding ortho intramolecular Hbond substituents is 1. The highest BCUT2D eigenvalue weighted by atomic mass is 16.3. The van der Waals surface area contributed by atoms with Gasteiger partial charge in [-0.15, -0.1) is 0 Å². The molecular weight excluding hydrogens is 256 g/mol. The average molecular weight is 282 g/mol. The van der Waals surface area contributed by atoms with Crippen LogP contribution in [0.2, 0.25) is 0 Å². The van der Waals surface area contributed by atoms with Gasteiger partial charge in [0.15, 0.2) is 0 Å². The number of aromatic hydroxyl groups is 1. The van der Waals surface area contributed by atoms with E-state index in [2.05, 4.69) is 13.0 Å². The van der Waals surface area contributed by atoms with E-state index in [4.69, 9.17) is 0 Å². The molecule has 0 radical (unpaired) electrons. The molecule has 1 aromatic carbocycles. The second kappa shape index (κ2) is 3.86. The van der Waals surface area contributed by atoms with Crippen LogP contribution in [0.15, 0.2) is 18.2 Å².